The number of para-hydroxylation sites is 1. The average Bonchev–Trinajstić information content (AvgIpc) is 2.43. The lowest BCUT2D eigenvalue weighted by Crippen LogP contribution is -2.31. The van der Waals surface area contributed by atoms with Crippen molar-refractivity contribution in [2.45, 2.75) is 46.3 Å². The molecule has 1 unspecified atom stereocenters. The molecular weight excluding hydrogens is 288 g/mol. The van der Waals surface area contributed by atoms with Crippen LogP contribution < -0.4 is 10.1 Å². The Morgan fingerprint density at radius 2 is 1.91 bits per heavy atom. The second-order valence-electron chi connectivity index (χ2n) is 5.63. The fourth-order valence-corrected chi connectivity index (χ4v) is 1.93. The van der Waals surface area contributed by atoms with Gasteiger partial charge in [-0.1, -0.05) is 32.0 Å². The van der Waals surface area contributed by atoms with Gasteiger partial charge in [0.05, 0.1) is 0 Å². The summed E-state index contributed by atoms with van der Waals surface area (Å²) in [5.74, 6) is 0.394. The molecular formula is C17H23F2NO2. The summed E-state index contributed by atoms with van der Waals surface area (Å²) in [6.07, 6.45) is 4.75. The number of hydrogen-bond donors (Lipinski definition) is 1. The molecule has 0 aliphatic rings. The standard InChI is InChI=1S/C17H23F2NO2/c1-12(2)8-9-13(3)20-16(21)11-10-14-6-4-5-7-15(14)22-17(18)19/h4-7,10-13,17H,8-9H2,1-3H3,(H,20,21)/b11-10+. The summed E-state index contributed by atoms with van der Waals surface area (Å²) in [6.45, 7) is 3.32. The van der Waals surface area contributed by atoms with Crippen LogP contribution in [0.15, 0.2) is 30.3 Å². The molecule has 1 rings (SSSR count). The molecule has 0 saturated heterocycles. The third-order valence-electron chi connectivity index (χ3n) is 3.12. The van der Waals surface area contributed by atoms with Gasteiger partial charge in [-0.15, -0.1) is 0 Å². The van der Waals surface area contributed by atoms with E-state index < -0.39 is 6.61 Å². The normalized spacial score (nSPS) is 12.9. The first-order chi connectivity index (χ1) is 10.4. The van der Waals surface area contributed by atoms with Crippen molar-refractivity contribution in [3.63, 3.8) is 0 Å². The van der Waals surface area contributed by atoms with Crippen LogP contribution in [0, 0.1) is 5.92 Å². The molecule has 1 atom stereocenters. The molecule has 0 aromatic heterocycles. The molecule has 0 aliphatic carbocycles. The van der Waals surface area contributed by atoms with Crippen molar-refractivity contribution >= 4 is 12.0 Å². The Bertz CT molecular complexity index is 501. The second kappa shape index (κ2) is 9.18. The smallest absolute Gasteiger partial charge is 0.387 e. The molecule has 3 nitrogen and oxygen atoms in total. The molecule has 5 heteroatoms. The summed E-state index contributed by atoms with van der Waals surface area (Å²) >= 11 is 0. The number of ether oxygens (including phenoxy) is 1. The zero-order chi connectivity index (χ0) is 16.5. The van der Waals surface area contributed by atoms with Crippen molar-refractivity contribution in [1.29, 1.82) is 0 Å². The van der Waals surface area contributed by atoms with E-state index in [0.29, 0.717) is 11.5 Å². The fourth-order valence-electron chi connectivity index (χ4n) is 1.93. The number of rotatable bonds is 8. The van der Waals surface area contributed by atoms with E-state index in [1.54, 1.807) is 18.2 Å². The lowest BCUT2D eigenvalue weighted by atomic mass is 10.0. The highest BCUT2D eigenvalue weighted by Crippen LogP contribution is 2.21. The van der Waals surface area contributed by atoms with Gasteiger partial charge in [0.1, 0.15) is 5.75 Å². The van der Waals surface area contributed by atoms with Gasteiger partial charge in [-0.25, -0.2) is 0 Å². The largest absolute Gasteiger partial charge is 0.434 e. The van der Waals surface area contributed by atoms with Gasteiger partial charge in [0.2, 0.25) is 5.91 Å². The van der Waals surface area contributed by atoms with Gasteiger partial charge in [-0.05, 0) is 37.8 Å². The SMILES string of the molecule is CC(C)CCC(C)NC(=O)/C=C/c1ccccc1OC(F)F. The van der Waals surface area contributed by atoms with Crippen LogP contribution in [-0.2, 0) is 4.79 Å². The summed E-state index contributed by atoms with van der Waals surface area (Å²) in [7, 11) is 0. The minimum atomic E-state index is -2.89. The van der Waals surface area contributed by atoms with Gasteiger partial charge >= 0.3 is 6.61 Å². The molecule has 0 radical (unpaired) electrons. The van der Waals surface area contributed by atoms with Gasteiger partial charge in [0.15, 0.2) is 0 Å². The number of carbonyl (C=O) groups excluding carboxylic acids is 1. The highest BCUT2D eigenvalue weighted by atomic mass is 19.3. The van der Waals surface area contributed by atoms with Crippen LogP contribution in [0.1, 0.15) is 39.2 Å². The van der Waals surface area contributed by atoms with Crippen molar-refractivity contribution in [2.24, 2.45) is 5.92 Å². The van der Waals surface area contributed by atoms with Gasteiger partial charge in [0.25, 0.3) is 0 Å². The van der Waals surface area contributed by atoms with E-state index in [9.17, 15) is 13.6 Å². The Kier molecular flexibility index (Phi) is 7.57. The third kappa shape index (κ3) is 7.20. The molecule has 1 N–H and O–H groups in total. The number of nitrogens with one attached hydrogen (secondary N) is 1. The molecule has 0 saturated carbocycles. The highest BCUT2D eigenvalue weighted by Gasteiger charge is 2.08. The summed E-state index contributed by atoms with van der Waals surface area (Å²) in [6, 6.07) is 6.43. The summed E-state index contributed by atoms with van der Waals surface area (Å²) < 4.78 is 29.0. The Hall–Kier alpha value is -1.91. The molecule has 1 aromatic carbocycles. The maximum Gasteiger partial charge on any atom is 0.387 e. The van der Waals surface area contributed by atoms with E-state index >= 15 is 0 Å². The van der Waals surface area contributed by atoms with E-state index in [1.165, 1.54) is 18.2 Å². The monoisotopic (exact) mass is 311 g/mol. The fraction of sp³-hybridized carbons (Fsp3) is 0.471. The van der Waals surface area contributed by atoms with E-state index in [1.807, 2.05) is 6.92 Å². The maximum absolute atomic E-state index is 12.3. The van der Waals surface area contributed by atoms with E-state index in [2.05, 4.69) is 23.9 Å². The van der Waals surface area contributed by atoms with Crippen LogP contribution in [0.5, 0.6) is 5.75 Å². The van der Waals surface area contributed by atoms with Crippen molar-refractivity contribution in [2.75, 3.05) is 0 Å². The van der Waals surface area contributed by atoms with Crippen molar-refractivity contribution in [3.05, 3.63) is 35.9 Å². The molecule has 0 aliphatic heterocycles. The lowest BCUT2D eigenvalue weighted by Gasteiger charge is -2.13. The van der Waals surface area contributed by atoms with E-state index in [-0.39, 0.29) is 17.7 Å². The Balaban J connectivity index is 2.58. The first kappa shape index (κ1) is 18.1. The molecule has 0 heterocycles. The van der Waals surface area contributed by atoms with Gasteiger partial charge in [-0.2, -0.15) is 8.78 Å². The zero-order valence-electron chi connectivity index (χ0n) is 13.2. The molecule has 1 aromatic rings. The zero-order valence-corrected chi connectivity index (χ0v) is 13.2. The van der Waals surface area contributed by atoms with Crippen molar-refractivity contribution < 1.29 is 18.3 Å². The maximum atomic E-state index is 12.3. The predicted octanol–water partition coefficient (Wildman–Crippen LogP) is 4.24. The average molecular weight is 311 g/mol. The van der Waals surface area contributed by atoms with E-state index in [0.717, 1.165) is 12.8 Å². The van der Waals surface area contributed by atoms with Crippen LogP contribution in [0.2, 0.25) is 0 Å². The van der Waals surface area contributed by atoms with Crippen LogP contribution in [0.4, 0.5) is 8.78 Å². The quantitative estimate of drug-likeness (QED) is 0.729. The molecule has 22 heavy (non-hydrogen) atoms. The second-order valence-corrected chi connectivity index (χ2v) is 5.63. The van der Waals surface area contributed by atoms with Gasteiger partial charge < -0.3 is 10.1 Å². The van der Waals surface area contributed by atoms with Crippen molar-refractivity contribution in [3.8, 4) is 5.75 Å². The third-order valence-corrected chi connectivity index (χ3v) is 3.12. The topological polar surface area (TPSA) is 38.3 Å². The summed E-state index contributed by atoms with van der Waals surface area (Å²) in [5, 5.41) is 2.85. The van der Waals surface area contributed by atoms with Gasteiger partial charge in [-0.3, -0.25) is 4.79 Å². The summed E-state index contributed by atoms with van der Waals surface area (Å²) in [4.78, 5) is 11.8. The van der Waals surface area contributed by atoms with Crippen molar-refractivity contribution in [1.82, 2.24) is 5.32 Å². The lowest BCUT2D eigenvalue weighted by molar-refractivity contribution is -0.117. The van der Waals surface area contributed by atoms with Crippen LogP contribution >= 0.6 is 0 Å². The number of halogens is 2. The first-order valence-corrected chi connectivity index (χ1v) is 7.41. The summed E-state index contributed by atoms with van der Waals surface area (Å²) in [5.41, 5.74) is 0.438. The number of benzene rings is 1. The molecule has 0 fully saturated rings. The van der Waals surface area contributed by atoms with Crippen LogP contribution in [0.3, 0.4) is 0 Å². The Morgan fingerprint density at radius 3 is 2.55 bits per heavy atom. The van der Waals surface area contributed by atoms with E-state index in [4.69, 9.17) is 0 Å². The molecule has 1 amide bonds. The Morgan fingerprint density at radius 1 is 1.23 bits per heavy atom. The Labute approximate surface area is 130 Å². The predicted molar refractivity (Wildman–Crippen MR) is 83.8 cm³/mol. The van der Waals surface area contributed by atoms with Crippen LogP contribution in [0.25, 0.3) is 6.08 Å². The number of amides is 1. The minimum Gasteiger partial charge on any atom is -0.434 e. The minimum absolute atomic E-state index is 0.0504. The molecule has 0 bridgehead atoms. The van der Waals surface area contributed by atoms with Crippen LogP contribution in [-0.4, -0.2) is 18.6 Å². The molecule has 0 spiro atoms. The molecule has 122 valence electrons. The number of carbonyl (C=O) groups is 1. The number of alkyl halides is 2. The first-order valence-electron chi connectivity index (χ1n) is 7.41. The highest BCUT2D eigenvalue weighted by molar-refractivity contribution is 5.92. The van der Waals surface area contributed by atoms with Gasteiger partial charge in [0, 0.05) is 17.7 Å². The number of hydrogen-bond acceptors (Lipinski definition) is 2.